The molecular formula is C12H23NO5. The number of rotatable bonds is 6. The van der Waals surface area contributed by atoms with E-state index in [4.69, 9.17) is 4.74 Å². The maximum atomic E-state index is 11.3. The lowest BCUT2D eigenvalue weighted by Crippen LogP contribution is -2.33. The third-order valence-electron chi connectivity index (χ3n) is 2.05. The molecular weight excluding hydrogens is 238 g/mol. The van der Waals surface area contributed by atoms with Crippen LogP contribution in [0.1, 0.15) is 40.0 Å². The molecule has 0 aliphatic rings. The Hall–Kier alpha value is -1.30. The summed E-state index contributed by atoms with van der Waals surface area (Å²) in [6.45, 7) is 5.82. The average molecular weight is 261 g/mol. The van der Waals surface area contributed by atoms with E-state index in [1.165, 1.54) is 7.11 Å². The van der Waals surface area contributed by atoms with Crippen LogP contribution >= 0.6 is 0 Å². The van der Waals surface area contributed by atoms with E-state index in [9.17, 15) is 14.7 Å². The van der Waals surface area contributed by atoms with Crippen LogP contribution < -0.4 is 5.32 Å². The Morgan fingerprint density at radius 3 is 2.39 bits per heavy atom. The minimum atomic E-state index is -1.09. The van der Waals surface area contributed by atoms with E-state index in [-0.39, 0.29) is 0 Å². The molecule has 0 spiro atoms. The van der Waals surface area contributed by atoms with Crippen LogP contribution in [0.25, 0.3) is 0 Å². The molecule has 0 heterocycles. The van der Waals surface area contributed by atoms with Gasteiger partial charge < -0.3 is 19.9 Å². The summed E-state index contributed by atoms with van der Waals surface area (Å²) in [6, 6.07) is 0. The summed E-state index contributed by atoms with van der Waals surface area (Å²) in [6.07, 6.45) is 0.0507. The lowest BCUT2D eigenvalue weighted by atomic mass is 10.1. The van der Waals surface area contributed by atoms with Gasteiger partial charge in [-0.2, -0.15) is 0 Å². The Balaban J connectivity index is 3.57. The standard InChI is InChI=1S/C12H23NO5/c1-12(2,3)18-11(16)13-8-6-5-7-9(14)10(15)17-4/h9,14H,5-8H2,1-4H3,(H,13,16). The second kappa shape index (κ2) is 7.92. The van der Waals surface area contributed by atoms with Crippen molar-refractivity contribution in [3.8, 4) is 0 Å². The van der Waals surface area contributed by atoms with Crippen LogP contribution in [0.4, 0.5) is 4.79 Å². The molecule has 0 saturated carbocycles. The van der Waals surface area contributed by atoms with Gasteiger partial charge in [0.25, 0.3) is 0 Å². The molecule has 6 nitrogen and oxygen atoms in total. The third-order valence-corrected chi connectivity index (χ3v) is 2.05. The summed E-state index contributed by atoms with van der Waals surface area (Å²) in [4.78, 5) is 22.1. The first-order valence-corrected chi connectivity index (χ1v) is 5.99. The second-order valence-electron chi connectivity index (χ2n) is 4.96. The van der Waals surface area contributed by atoms with Crippen LogP contribution in [0.15, 0.2) is 0 Å². The van der Waals surface area contributed by atoms with Gasteiger partial charge >= 0.3 is 12.1 Å². The lowest BCUT2D eigenvalue weighted by Gasteiger charge is -2.19. The van der Waals surface area contributed by atoms with Gasteiger partial charge in [-0.1, -0.05) is 0 Å². The fourth-order valence-electron chi connectivity index (χ4n) is 1.22. The molecule has 0 radical (unpaired) electrons. The number of nitrogens with one attached hydrogen (secondary N) is 1. The molecule has 0 aromatic rings. The first kappa shape index (κ1) is 16.7. The van der Waals surface area contributed by atoms with Crippen molar-refractivity contribution >= 4 is 12.1 Å². The Morgan fingerprint density at radius 2 is 1.89 bits per heavy atom. The first-order valence-electron chi connectivity index (χ1n) is 5.99. The molecule has 0 rings (SSSR count). The van der Waals surface area contributed by atoms with Gasteiger partial charge in [0.15, 0.2) is 6.10 Å². The molecule has 1 atom stereocenters. The Morgan fingerprint density at radius 1 is 1.28 bits per heavy atom. The van der Waals surface area contributed by atoms with Crippen molar-refractivity contribution in [2.45, 2.75) is 51.7 Å². The van der Waals surface area contributed by atoms with Gasteiger partial charge in [-0.05, 0) is 40.0 Å². The van der Waals surface area contributed by atoms with Crippen LogP contribution in [0.2, 0.25) is 0 Å². The quantitative estimate of drug-likeness (QED) is 0.554. The zero-order chi connectivity index (χ0) is 14.2. The molecule has 106 valence electrons. The lowest BCUT2D eigenvalue weighted by molar-refractivity contribution is -0.150. The number of hydrogen-bond acceptors (Lipinski definition) is 5. The summed E-state index contributed by atoms with van der Waals surface area (Å²) in [5.41, 5.74) is -0.509. The summed E-state index contributed by atoms with van der Waals surface area (Å²) in [7, 11) is 1.23. The predicted octanol–water partition coefficient (Wildman–Crippen LogP) is 1.22. The van der Waals surface area contributed by atoms with E-state index in [1.54, 1.807) is 20.8 Å². The molecule has 0 aliphatic carbocycles. The number of hydrogen-bond donors (Lipinski definition) is 2. The molecule has 1 unspecified atom stereocenters. The van der Waals surface area contributed by atoms with Gasteiger partial charge in [0.2, 0.25) is 0 Å². The molecule has 0 aromatic heterocycles. The number of ether oxygens (including phenoxy) is 2. The number of aliphatic hydroxyl groups excluding tert-OH is 1. The maximum Gasteiger partial charge on any atom is 0.407 e. The number of carbonyl (C=O) groups is 2. The van der Waals surface area contributed by atoms with Crippen LogP contribution in [0.3, 0.4) is 0 Å². The summed E-state index contributed by atoms with van der Waals surface area (Å²) < 4.78 is 9.43. The SMILES string of the molecule is COC(=O)C(O)CCCCNC(=O)OC(C)(C)C. The van der Waals surface area contributed by atoms with Gasteiger partial charge in [0.05, 0.1) is 7.11 Å². The molecule has 0 aliphatic heterocycles. The highest BCUT2D eigenvalue weighted by Crippen LogP contribution is 2.06. The molecule has 0 aromatic carbocycles. The molecule has 1 amide bonds. The number of amides is 1. The normalized spacial score (nSPS) is 12.7. The van der Waals surface area contributed by atoms with Gasteiger partial charge in [0, 0.05) is 6.54 Å². The Kier molecular flexibility index (Phi) is 7.35. The molecule has 0 bridgehead atoms. The van der Waals surface area contributed by atoms with Crippen LogP contribution in [0, 0.1) is 0 Å². The minimum absolute atomic E-state index is 0.322. The highest BCUT2D eigenvalue weighted by atomic mass is 16.6. The molecule has 6 heteroatoms. The Bertz CT molecular complexity index is 272. The van der Waals surface area contributed by atoms with Crippen molar-refractivity contribution in [1.82, 2.24) is 5.32 Å². The van der Waals surface area contributed by atoms with Crippen molar-refractivity contribution in [3.05, 3.63) is 0 Å². The first-order chi connectivity index (χ1) is 8.26. The van der Waals surface area contributed by atoms with Crippen molar-refractivity contribution < 1.29 is 24.2 Å². The Labute approximate surface area is 108 Å². The average Bonchev–Trinajstić information content (AvgIpc) is 2.24. The number of alkyl carbamates (subject to hydrolysis) is 1. The van der Waals surface area contributed by atoms with E-state index < -0.39 is 23.8 Å². The van der Waals surface area contributed by atoms with Gasteiger partial charge in [0.1, 0.15) is 5.60 Å². The van der Waals surface area contributed by atoms with Crippen molar-refractivity contribution in [2.75, 3.05) is 13.7 Å². The number of esters is 1. The number of carbonyl (C=O) groups excluding carboxylic acids is 2. The maximum absolute atomic E-state index is 11.3. The summed E-state index contributed by atoms with van der Waals surface area (Å²) in [5.74, 6) is -0.630. The third kappa shape index (κ3) is 8.81. The van der Waals surface area contributed by atoms with E-state index in [0.717, 1.165) is 0 Å². The van der Waals surface area contributed by atoms with E-state index in [0.29, 0.717) is 25.8 Å². The summed E-state index contributed by atoms with van der Waals surface area (Å²) in [5, 5.41) is 11.9. The van der Waals surface area contributed by atoms with E-state index >= 15 is 0 Å². The van der Waals surface area contributed by atoms with Crippen LogP contribution in [0.5, 0.6) is 0 Å². The second-order valence-corrected chi connectivity index (χ2v) is 4.96. The molecule has 2 N–H and O–H groups in total. The minimum Gasteiger partial charge on any atom is -0.467 e. The van der Waals surface area contributed by atoms with Crippen LogP contribution in [-0.4, -0.2) is 42.5 Å². The van der Waals surface area contributed by atoms with Crippen molar-refractivity contribution in [3.63, 3.8) is 0 Å². The van der Waals surface area contributed by atoms with Crippen molar-refractivity contribution in [1.29, 1.82) is 0 Å². The largest absolute Gasteiger partial charge is 0.467 e. The van der Waals surface area contributed by atoms with Crippen LogP contribution in [-0.2, 0) is 14.3 Å². The molecule has 0 saturated heterocycles. The zero-order valence-electron chi connectivity index (χ0n) is 11.5. The topological polar surface area (TPSA) is 84.9 Å². The molecule has 18 heavy (non-hydrogen) atoms. The number of unbranched alkanes of at least 4 members (excludes halogenated alkanes) is 1. The van der Waals surface area contributed by atoms with Crippen molar-refractivity contribution in [2.24, 2.45) is 0 Å². The monoisotopic (exact) mass is 261 g/mol. The summed E-state index contributed by atoms with van der Waals surface area (Å²) >= 11 is 0. The highest BCUT2D eigenvalue weighted by Gasteiger charge is 2.16. The fraction of sp³-hybridized carbons (Fsp3) is 0.833. The van der Waals surface area contributed by atoms with Gasteiger partial charge in [-0.25, -0.2) is 9.59 Å². The van der Waals surface area contributed by atoms with Gasteiger partial charge in [-0.15, -0.1) is 0 Å². The van der Waals surface area contributed by atoms with E-state index in [1.807, 2.05) is 0 Å². The van der Waals surface area contributed by atoms with E-state index in [2.05, 4.69) is 10.1 Å². The predicted molar refractivity (Wildman–Crippen MR) is 66.1 cm³/mol. The number of aliphatic hydroxyl groups is 1. The smallest absolute Gasteiger partial charge is 0.407 e. The van der Waals surface area contributed by atoms with Gasteiger partial charge in [-0.3, -0.25) is 0 Å². The number of methoxy groups -OCH3 is 1. The molecule has 0 fully saturated rings. The fourth-order valence-corrected chi connectivity index (χ4v) is 1.22. The zero-order valence-corrected chi connectivity index (χ0v) is 11.5. The highest BCUT2D eigenvalue weighted by molar-refractivity contribution is 5.74.